The van der Waals surface area contributed by atoms with Gasteiger partial charge >= 0.3 is 5.97 Å². The molecule has 0 atom stereocenters. The molecule has 2 aromatic rings. The normalized spacial score (nSPS) is 11.2. The van der Waals surface area contributed by atoms with Crippen LogP contribution in [-0.2, 0) is 6.54 Å². The predicted octanol–water partition coefficient (Wildman–Crippen LogP) is 2.22. The van der Waals surface area contributed by atoms with Gasteiger partial charge in [0, 0.05) is 0 Å². The van der Waals surface area contributed by atoms with Crippen LogP contribution in [0.25, 0.3) is 11.0 Å². The average Bonchev–Trinajstić information content (AvgIpc) is 2.60. The van der Waals surface area contributed by atoms with Gasteiger partial charge in [0.05, 0.1) is 17.4 Å². The van der Waals surface area contributed by atoms with E-state index in [2.05, 4.69) is 18.8 Å². The van der Waals surface area contributed by atoms with Gasteiger partial charge in [-0.1, -0.05) is 19.9 Å². The van der Waals surface area contributed by atoms with Crippen LogP contribution in [-0.4, -0.2) is 25.4 Å². The SMILES string of the molecule is CC(C)c1ccc2ncn(CC(O)=[OH+])c2c1. The lowest BCUT2D eigenvalue weighted by atomic mass is 10.0. The van der Waals surface area contributed by atoms with Gasteiger partial charge in [-0.3, -0.25) is 0 Å². The minimum Gasteiger partial charge on any atom is -0.338 e. The quantitative estimate of drug-likeness (QED) is 0.804. The van der Waals surface area contributed by atoms with Crippen molar-refractivity contribution in [3.05, 3.63) is 30.1 Å². The fourth-order valence-electron chi connectivity index (χ4n) is 1.71. The highest BCUT2D eigenvalue weighted by Crippen LogP contribution is 2.20. The van der Waals surface area contributed by atoms with Crippen molar-refractivity contribution >= 4 is 17.0 Å². The number of fused-ring (bicyclic) bond motifs is 1. The molecule has 0 saturated carbocycles. The first kappa shape index (κ1) is 10.7. The molecule has 2 rings (SSSR count). The second-order valence-corrected chi connectivity index (χ2v) is 4.19. The van der Waals surface area contributed by atoms with Crippen LogP contribution in [0.3, 0.4) is 0 Å². The Morgan fingerprint density at radius 3 is 2.88 bits per heavy atom. The van der Waals surface area contributed by atoms with Gasteiger partial charge in [-0.05, 0) is 23.6 Å². The van der Waals surface area contributed by atoms with Crippen molar-refractivity contribution in [2.24, 2.45) is 0 Å². The third-order valence-electron chi connectivity index (χ3n) is 2.62. The standard InChI is InChI=1S/C12H14N2O2/c1-8(2)9-3-4-10-11(5-9)14(7-13-10)6-12(15)16/h3-5,7-8H,6H2,1-2H3,(H,15,16)/p+1. The fourth-order valence-corrected chi connectivity index (χ4v) is 1.71. The van der Waals surface area contributed by atoms with Crippen molar-refractivity contribution < 1.29 is 9.90 Å². The summed E-state index contributed by atoms with van der Waals surface area (Å²) in [5.41, 5.74) is 3.00. The smallest absolute Gasteiger partial charge is 0.338 e. The lowest BCUT2D eigenvalue weighted by molar-refractivity contribution is 0.431. The lowest BCUT2D eigenvalue weighted by Crippen LogP contribution is -2.07. The number of hydrogen-bond acceptors (Lipinski definition) is 1. The molecule has 0 radical (unpaired) electrons. The zero-order valence-electron chi connectivity index (χ0n) is 9.38. The van der Waals surface area contributed by atoms with E-state index in [0.717, 1.165) is 11.0 Å². The third-order valence-corrected chi connectivity index (χ3v) is 2.62. The molecule has 0 aliphatic heterocycles. The maximum atomic E-state index is 8.89. The molecule has 1 aromatic heterocycles. The molecule has 0 saturated heterocycles. The summed E-state index contributed by atoms with van der Waals surface area (Å²) in [5, 5.41) is 8.89. The van der Waals surface area contributed by atoms with Crippen LogP contribution < -0.4 is 0 Å². The van der Waals surface area contributed by atoms with Crippen LogP contribution in [0.5, 0.6) is 0 Å². The molecule has 16 heavy (non-hydrogen) atoms. The first-order chi connectivity index (χ1) is 7.58. The molecule has 1 heterocycles. The molecule has 0 unspecified atom stereocenters. The lowest BCUT2D eigenvalue weighted by Gasteiger charge is -2.05. The molecule has 0 bridgehead atoms. The van der Waals surface area contributed by atoms with Gasteiger partial charge in [0.1, 0.15) is 0 Å². The summed E-state index contributed by atoms with van der Waals surface area (Å²) in [5.74, 6) is -0.159. The number of nitrogens with zero attached hydrogens (tertiary/aromatic N) is 2. The Morgan fingerprint density at radius 2 is 2.25 bits per heavy atom. The molecule has 2 N–H and O–H groups in total. The Labute approximate surface area is 93.5 Å². The maximum Gasteiger partial charge on any atom is 0.501 e. The largest absolute Gasteiger partial charge is 0.501 e. The van der Waals surface area contributed by atoms with E-state index in [1.807, 2.05) is 18.2 Å². The number of aromatic nitrogens is 2. The Morgan fingerprint density at radius 1 is 1.50 bits per heavy atom. The molecule has 4 nitrogen and oxygen atoms in total. The Balaban J connectivity index is 2.51. The van der Waals surface area contributed by atoms with E-state index in [-0.39, 0.29) is 6.54 Å². The van der Waals surface area contributed by atoms with E-state index in [1.165, 1.54) is 5.56 Å². The fraction of sp³-hybridized carbons (Fsp3) is 0.333. The van der Waals surface area contributed by atoms with E-state index in [0.29, 0.717) is 5.92 Å². The van der Waals surface area contributed by atoms with Gasteiger partial charge in [0.15, 0.2) is 6.54 Å². The topological polar surface area (TPSA) is 59.4 Å². The summed E-state index contributed by atoms with van der Waals surface area (Å²) in [6.07, 6.45) is 1.61. The Kier molecular flexibility index (Phi) is 2.64. The summed E-state index contributed by atoms with van der Waals surface area (Å²) in [7, 11) is 0. The summed E-state index contributed by atoms with van der Waals surface area (Å²) < 4.78 is 1.72. The van der Waals surface area contributed by atoms with Gasteiger partial charge in [-0.2, -0.15) is 0 Å². The number of aliphatic hydroxyl groups excluding tert-OH is 1. The van der Waals surface area contributed by atoms with Crippen LogP contribution in [0.15, 0.2) is 24.5 Å². The van der Waals surface area contributed by atoms with E-state index in [4.69, 9.17) is 9.90 Å². The molecular weight excluding hydrogens is 204 g/mol. The Hall–Kier alpha value is -1.84. The van der Waals surface area contributed by atoms with Gasteiger partial charge in [-0.25, -0.2) is 4.98 Å². The van der Waals surface area contributed by atoms with Crippen molar-refractivity contribution in [1.82, 2.24) is 9.55 Å². The molecule has 84 valence electrons. The number of aliphatic carboxylic acids is 1. The average molecular weight is 219 g/mol. The number of rotatable bonds is 3. The monoisotopic (exact) mass is 219 g/mol. The molecule has 0 aliphatic rings. The van der Waals surface area contributed by atoms with E-state index >= 15 is 0 Å². The van der Waals surface area contributed by atoms with Gasteiger partial charge in [-0.15, -0.1) is 0 Å². The highest BCUT2D eigenvalue weighted by molar-refractivity contribution is 5.78. The number of benzene rings is 1. The van der Waals surface area contributed by atoms with Crippen molar-refractivity contribution in [3.63, 3.8) is 0 Å². The molecule has 4 heteroatoms. The van der Waals surface area contributed by atoms with Crippen LogP contribution >= 0.6 is 0 Å². The van der Waals surface area contributed by atoms with Crippen molar-refractivity contribution in [2.75, 3.05) is 0 Å². The van der Waals surface area contributed by atoms with Crippen molar-refractivity contribution in [3.8, 4) is 0 Å². The Bertz CT molecular complexity index is 529. The minimum atomic E-state index is -0.603. The first-order valence-corrected chi connectivity index (χ1v) is 5.26. The minimum absolute atomic E-state index is 0.0675. The molecule has 1 aromatic carbocycles. The summed E-state index contributed by atoms with van der Waals surface area (Å²) in [6.45, 7) is 4.31. The molecular formula is C12H15N2O2+. The third kappa shape index (κ3) is 1.91. The van der Waals surface area contributed by atoms with Crippen molar-refractivity contribution in [1.29, 1.82) is 0 Å². The van der Waals surface area contributed by atoms with Crippen molar-refractivity contribution in [2.45, 2.75) is 26.3 Å². The zero-order valence-corrected chi connectivity index (χ0v) is 9.38. The molecule has 0 aliphatic carbocycles. The molecule has 0 amide bonds. The second kappa shape index (κ2) is 3.96. The number of carboxylic acids is 1. The number of carboxylic acid groups (broad SMARTS) is 1. The van der Waals surface area contributed by atoms with Crippen LogP contribution in [0.2, 0.25) is 0 Å². The zero-order chi connectivity index (χ0) is 11.7. The highest BCUT2D eigenvalue weighted by Gasteiger charge is 2.11. The van der Waals surface area contributed by atoms with Crippen LogP contribution in [0, 0.1) is 0 Å². The van der Waals surface area contributed by atoms with Gasteiger partial charge < -0.3 is 14.5 Å². The maximum absolute atomic E-state index is 8.89. The number of hydrogen-bond donors (Lipinski definition) is 1. The highest BCUT2D eigenvalue weighted by atomic mass is 16.4. The second-order valence-electron chi connectivity index (χ2n) is 4.19. The summed E-state index contributed by atoms with van der Waals surface area (Å²) >= 11 is 0. The van der Waals surface area contributed by atoms with Gasteiger partial charge in [0.25, 0.3) is 0 Å². The summed E-state index contributed by atoms with van der Waals surface area (Å²) in [6, 6.07) is 6.04. The first-order valence-electron chi connectivity index (χ1n) is 5.26. The van der Waals surface area contributed by atoms with E-state index < -0.39 is 5.97 Å². The number of imidazole rings is 1. The summed E-state index contributed by atoms with van der Waals surface area (Å²) in [4.78, 5) is 13.1. The van der Waals surface area contributed by atoms with Crippen LogP contribution in [0.4, 0.5) is 0 Å². The van der Waals surface area contributed by atoms with Gasteiger partial charge in [0.2, 0.25) is 0 Å². The predicted molar refractivity (Wildman–Crippen MR) is 63.4 cm³/mol. The van der Waals surface area contributed by atoms with Crippen LogP contribution in [0.1, 0.15) is 25.3 Å². The van der Waals surface area contributed by atoms with E-state index in [9.17, 15) is 0 Å². The van der Waals surface area contributed by atoms with E-state index in [1.54, 1.807) is 10.9 Å². The molecule has 0 spiro atoms. The molecule has 0 fully saturated rings.